The lowest BCUT2D eigenvalue weighted by Crippen LogP contribution is -2.48. The van der Waals surface area contributed by atoms with Crippen molar-refractivity contribution in [1.29, 1.82) is 0 Å². The molecule has 0 saturated carbocycles. The molecule has 4 aromatic rings. The third-order valence-electron chi connectivity index (χ3n) is 8.11. The topological polar surface area (TPSA) is 119 Å². The predicted molar refractivity (Wildman–Crippen MR) is 161 cm³/mol. The summed E-state index contributed by atoms with van der Waals surface area (Å²) in [4.78, 5) is 24.8. The van der Waals surface area contributed by atoms with Gasteiger partial charge in [0.25, 0.3) is 0 Å². The molecular weight excluding hydrogens is 552 g/mol. The number of nitrogens with one attached hydrogen (secondary N) is 1. The van der Waals surface area contributed by atoms with Crippen LogP contribution in [0.1, 0.15) is 58.1 Å². The third kappa shape index (κ3) is 5.10. The molecule has 0 radical (unpaired) electrons. The van der Waals surface area contributed by atoms with E-state index in [0.717, 1.165) is 35.2 Å². The third-order valence-corrected chi connectivity index (χ3v) is 9.25. The van der Waals surface area contributed by atoms with Crippen LogP contribution in [0.2, 0.25) is 0 Å². The van der Waals surface area contributed by atoms with E-state index in [2.05, 4.69) is 15.4 Å². The molecule has 6 rings (SSSR count). The van der Waals surface area contributed by atoms with Gasteiger partial charge in [-0.25, -0.2) is 18.2 Å². The van der Waals surface area contributed by atoms with Crippen LogP contribution in [-0.4, -0.2) is 70.0 Å². The Bertz CT molecular complexity index is 1730. The second kappa shape index (κ2) is 10.4. The van der Waals surface area contributed by atoms with Gasteiger partial charge < -0.3 is 15.0 Å². The molecule has 1 amide bonds. The average molecular weight is 589 g/mol. The number of aromatic nitrogens is 4. The van der Waals surface area contributed by atoms with Crippen molar-refractivity contribution in [2.75, 3.05) is 18.6 Å². The summed E-state index contributed by atoms with van der Waals surface area (Å²) in [6.45, 7) is 5.60. The van der Waals surface area contributed by atoms with E-state index in [-0.39, 0.29) is 29.0 Å². The molecule has 2 bridgehead atoms. The van der Waals surface area contributed by atoms with Gasteiger partial charge in [0.05, 0.1) is 17.6 Å². The molecule has 10 nitrogen and oxygen atoms in total. The van der Waals surface area contributed by atoms with Crippen LogP contribution in [0.4, 0.5) is 10.6 Å². The summed E-state index contributed by atoms with van der Waals surface area (Å²) in [5.41, 5.74) is 3.95. The van der Waals surface area contributed by atoms with Crippen LogP contribution in [0.5, 0.6) is 0 Å². The normalized spacial score (nSPS) is 20.6. The van der Waals surface area contributed by atoms with Crippen LogP contribution < -0.4 is 5.32 Å². The van der Waals surface area contributed by atoms with E-state index < -0.39 is 15.4 Å². The fourth-order valence-electron chi connectivity index (χ4n) is 6.41. The van der Waals surface area contributed by atoms with Crippen molar-refractivity contribution in [2.24, 2.45) is 0 Å². The van der Waals surface area contributed by atoms with Crippen molar-refractivity contribution < 1.29 is 17.9 Å². The van der Waals surface area contributed by atoms with Gasteiger partial charge in [0.1, 0.15) is 16.3 Å². The Morgan fingerprint density at radius 1 is 1.00 bits per heavy atom. The van der Waals surface area contributed by atoms with E-state index in [1.165, 1.54) is 6.26 Å². The standard InChI is InChI=1S/C31H36N6O4S/c1-31(2,3)41-30(38)36-22-12-13-23(36)16-21(15-22)26-27(42(5,39)40)29(32-4)37-28(35-26)24(18-34-37)20-11-14-25(33-17-20)19-9-7-6-8-10-19/h6-11,14,17-18,21-23,32H,12-13,15-16H2,1-5H3. The summed E-state index contributed by atoms with van der Waals surface area (Å²) < 4.78 is 33.8. The highest BCUT2D eigenvalue weighted by molar-refractivity contribution is 7.91. The Morgan fingerprint density at radius 3 is 2.26 bits per heavy atom. The molecule has 1 N–H and O–H groups in total. The SMILES string of the molecule is CNc1c(S(C)(=O)=O)c(C2CC3CCC(C2)N3C(=O)OC(C)(C)C)nc2c(-c3ccc(-c4ccccc4)nc3)cnn12. The van der Waals surface area contributed by atoms with Crippen LogP contribution in [0.25, 0.3) is 28.0 Å². The maximum atomic E-state index is 13.3. The van der Waals surface area contributed by atoms with Gasteiger partial charge in [-0.15, -0.1) is 0 Å². The molecule has 1 aromatic carbocycles. The minimum absolute atomic E-state index is 0.0359. The zero-order valence-electron chi connectivity index (χ0n) is 24.5. The lowest BCUT2D eigenvalue weighted by atomic mass is 9.88. The summed E-state index contributed by atoms with van der Waals surface area (Å²) in [6.07, 6.45) is 7.33. The monoisotopic (exact) mass is 588 g/mol. The highest BCUT2D eigenvalue weighted by atomic mass is 32.2. The number of rotatable bonds is 5. The highest BCUT2D eigenvalue weighted by Crippen LogP contribution is 2.46. The number of sulfone groups is 1. The Hall–Kier alpha value is -3.99. The number of anilines is 1. The number of amides is 1. The van der Waals surface area contributed by atoms with Crippen LogP contribution in [-0.2, 0) is 14.6 Å². The zero-order valence-corrected chi connectivity index (χ0v) is 25.4. The number of nitrogens with zero attached hydrogens (tertiary/aromatic N) is 5. The molecule has 0 spiro atoms. The summed E-state index contributed by atoms with van der Waals surface area (Å²) >= 11 is 0. The largest absolute Gasteiger partial charge is 0.444 e. The Kier molecular flexibility index (Phi) is 6.95. The van der Waals surface area contributed by atoms with Crippen molar-refractivity contribution in [2.45, 2.75) is 75.0 Å². The molecule has 2 aliphatic rings. The maximum Gasteiger partial charge on any atom is 0.410 e. The molecule has 2 aliphatic heterocycles. The number of carbonyl (C=O) groups is 1. The van der Waals surface area contributed by atoms with E-state index in [0.29, 0.717) is 30.0 Å². The fraction of sp³-hybridized carbons (Fsp3) is 0.419. The van der Waals surface area contributed by atoms with Gasteiger partial charge >= 0.3 is 6.09 Å². The van der Waals surface area contributed by atoms with Gasteiger partial charge in [0, 0.05) is 54.2 Å². The number of pyridine rings is 1. The van der Waals surface area contributed by atoms with Crippen molar-refractivity contribution in [3.8, 4) is 22.4 Å². The number of fused-ring (bicyclic) bond motifs is 3. The van der Waals surface area contributed by atoms with E-state index in [1.54, 1.807) is 24.0 Å². The first-order chi connectivity index (χ1) is 19.9. The van der Waals surface area contributed by atoms with Crippen LogP contribution in [0.3, 0.4) is 0 Å². The van der Waals surface area contributed by atoms with Gasteiger partial charge in [0.2, 0.25) is 0 Å². The zero-order chi connectivity index (χ0) is 29.8. The van der Waals surface area contributed by atoms with Crippen molar-refractivity contribution >= 4 is 27.4 Å². The molecule has 0 aliphatic carbocycles. The van der Waals surface area contributed by atoms with Crippen LogP contribution in [0.15, 0.2) is 59.8 Å². The van der Waals surface area contributed by atoms with Crippen molar-refractivity contribution in [3.05, 3.63) is 60.6 Å². The summed E-state index contributed by atoms with van der Waals surface area (Å²) in [6, 6.07) is 13.8. The average Bonchev–Trinajstić information content (AvgIpc) is 3.49. The van der Waals surface area contributed by atoms with E-state index in [4.69, 9.17) is 9.72 Å². The minimum atomic E-state index is -3.68. The molecule has 2 unspecified atom stereocenters. The number of benzene rings is 1. The minimum Gasteiger partial charge on any atom is -0.444 e. The summed E-state index contributed by atoms with van der Waals surface area (Å²) in [5.74, 6) is 0.226. The molecule has 42 heavy (non-hydrogen) atoms. The van der Waals surface area contributed by atoms with Crippen LogP contribution in [0, 0.1) is 0 Å². The quantitative estimate of drug-likeness (QED) is 0.322. The number of hydrogen-bond acceptors (Lipinski definition) is 8. The van der Waals surface area contributed by atoms with Gasteiger partial charge in [0.15, 0.2) is 15.5 Å². The Balaban J connectivity index is 1.42. The van der Waals surface area contributed by atoms with Gasteiger partial charge in [-0.05, 0) is 52.5 Å². The number of carbonyl (C=O) groups excluding carboxylic acids is 1. The maximum absolute atomic E-state index is 13.3. The van der Waals surface area contributed by atoms with E-state index in [9.17, 15) is 13.2 Å². The first kappa shape index (κ1) is 28.1. The summed E-state index contributed by atoms with van der Waals surface area (Å²) in [5, 5.41) is 7.64. The first-order valence-corrected chi connectivity index (χ1v) is 16.2. The second-order valence-electron chi connectivity index (χ2n) is 12.2. The predicted octanol–water partition coefficient (Wildman–Crippen LogP) is 5.55. The molecule has 11 heteroatoms. The second-order valence-corrected chi connectivity index (χ2v) is 14.2. The van der Waals surface area contributed by atoms with Crippen molar-refractivity contribution in [3.63, 3.8) is 0 Å². The van der Waals surface area contributed by atoms with Gasteiger partial charge in [-0.1, -0.05) is 36.4 Å². The van der Waals surface area contributed by atoms with Gasteiger partial charge in [-0.3, -0.25) is 4.98 Å². The smallest absolute Gasteiger partial charge is 0.410 e. The number of hydrogen-bond donors (Lipinski definition) is 1. The van der Waals surface area contributed by atoms with E-state index in [1.807, 2.05) is 68.1 Å². The van der Waals surface area contributed by atoms with E-state index >= 15 is 0 Å². The fourth-order valence-corrected chi connectivity index (χ4v) is 7.54. The summed E-state index contributed by atoms with van der Waals surface area (Å²) in [7, 11) is -1.99. The number of piperidine rings is 1. The number of ether oxygens (including phenoxy) is 1. The molecule has 2 fully saturated rings. The molecule has 3 aromatic heterocycles. The molecule has 220 valence electrons. The highest BCUT2D eigenvalue weighted by Gasteiger charge is 2.46. The molecular formula is C31H36N6O4S. The molecule has 2 saturated heterocycles. The lowest BCUT2D eigenvalue weighted by Gasteiger charge is -2.39. The first-order valence-electron chi connectivity index (χ1n) is 14.3. The van der Waals surface area contributed by atoms with Crippen molar-refractivity contribution in [1.82, 2.24) is 24.5 Å². The lowest BCUT2D eigenvalue weighted by molar-refractivity contribution is 0.00559. The van der Waals surface area contributed by atoms with Crippen LogP contribution >= 0.6 is 0 Å². The molecule has 5 heterocycles. The molecule has 2 atom stereocenters. The Labute approximate surface area is 246 Å². The Morgan fingerprint density at radius 2 is 1.69 bits per heavy atom. The van der Waals surface area contributed by atoms with Gasteiger partial charge in [-0.2, -0.15) is 9.61 Å².